The fourth-order valence-electron chi connectivity index (χ4n) is 3.63. The van der Waals surface area contributed by atoms with Gasteiger partial charge < -0.3 is 14.7 Å². The van der Waals surface area contributed by atoms with Gasteiger partial charge in [0.1, 0.15) is 24.3 Å². The van der Waals surface area contributed by atoms with Crippen LogP contribution >= 0.6 is 0 Å². The summed E-state index contributed by atoms with van der Waals surface area (Å²) in [6, 6.07) is 14.9. The number of para-hydroxylation sites is 2. The summed E-state index contributed by atoms with van der Waals surface area (Å²) in [5, 5.41) is 10.4. The molecular weight excluding hydrogens is 355 g/mol. The maximum Gasteiger partial charge on any atom is 0.146 e. The maximum atomic E-state index is 13.9. The third-order valence-corrected chi connectivity index (χ3v) is 5.16. The van der Waals surface area contributed by atoms with E-state index in [1.54, 1.807) is 6.07 Å². The van der Waals surface area contributed by atoms with Crippen molar-refractivity contribution in [2.24, 2.45) is 0 Å². The first-order valence-corrected chi connectivity index (χ1v) is 9.97. The first-order valence-electron chi connectivity index (χ1n) is 9.97. The lowest BCUT2D eigenvalue weighted by Gasteiger charge is -2.37. The van der Waals surface area contributed by atoms with Gasteiger partial charge in [0.2, 0.25) is 0 Å². The summed E-state index contributed by atoms with van der Waals surface area (Å²) in [6.07, 6.45) is -0.562. The van der Waals surface area contributed by atoms with E-state index in [4.69, 9.17) is 4.74 Å². The van der Waals surface area contributed by atoms with E-state index in [0.717, 1.165) is 37.5 Å². The van der Waals surface area contributed by atoms with Crippen LogP contribution in [0.4, 0.5) is 10.1 Å². The molecule has 0 saturated carbocycles. The van der Waals surface area contributed by atoms with Gasteiger partial charge in [-0.25, -0.2) is 4.39 Å². The molecule has 1 N–H and O–H groups in total. The number of aliphatic hydroxyl groups is 1. The predicted octanol–water partition coefficient (Wildman–Crippen LogP) is 3.69. The largest absolute Gasteiger partial charge is 0.491 e. The van der Waals surface area contributed by atoms with Crippen LogP contribution in [0.3, 0.4) is 0 Å². The van der Waals surface area contributed by atoms with Crippen molar-refractivity contribution in [3.05, 3.63) is 59.9 Å². The van der Waals surface area contributed by atoms with Crippen LogP contribution in [0.5, 0.6) is 5.75 Å². The van der Waals surface area contributed by atoms with Crippen molar-refractivity contribution in [1.82, 2.24) is 4.90 Å². The van der Waals surface area contributed by atoms with Crippen LogP contribution in [0.1, 0.15) is 26.3 Å². The number of benzene rings is 2. The van der Waals surface area contributed by atoms with Crippen molar-refractivity contribution in [2.75, 3.05) is 44.2 Å². The number of hydrogen-bond donors (Lipinski definition) is 1. The predicted molar refractivity (Wildman–Crippen MR) is 112 cm³/mol. The quantitative estimate of drug-likeness (QED) is 0.822. The van der Waals surface area contributed by atoms with Gasteiger partial charge in [0.05, 0.1) is 5.69 Å². The molecule has 1 saturated heterocycles. The van der Waals surface area contributed by atoms with E-state index in [0.29, 0.717) is 12.2 Å². The van der Waals surface area contributed by atoms with Gasteiger partial charge in [0.15, 0.2) is 0 Å². The molecule has 1 fully saturated rings. The van der Waals surface area contributed by atoms with Crippen LogP contribution in [0, 0.1) is 5.82 Å². The van der Waals surface area contributed by atoms with E-state index >= 15 is 0 Å². The molecule has 0 radical (unpaired) electrons. The van der Waals surface area contributed by atoms with Crippen LogP contribution in [0.2, 0.25) is 0 Å². The van der Waals surface area contributed by atoms with E-state index in [1.165, 1.54) is 6.07 Å². The Kier molecular flexibility index (Phi) is 6.57. The highest BCUT2D eigenvalue weighted by atomic mass is 19.1. The van der Waals surface area contributed by atoms with E-state index in [2.05, 4.69) is 36.6 Å². The number of aliphatic hydroxyl groups excluding tert-OH is 1. The Morgan fingerprint density at radius 3 is 2.32 bits per heavy atom. The van der Waals surface area contributed by atoms with E-state index < -0.39 is 6.10 Å². The highest BCUT2D eigenvalue weighted by molar-refractivity contribution is 5.48. The van der Waals surface area contributed by atoms with Crippen LogP contribution < -0.4 is 9.64 Å². The van der Waals surface area contributed by atoms with Gasteiger partial charge in [-0.3, -0.25) is 4.90 Å². The van der Waals surface area contributed by atoms with Gasteiger partial charge >= 0.3 is 0 Å². The fraction of sp³-hybridized carbons (Fsp3) is 0.478. The van der Waals surface area contributed by atoms with Crippen molar-refractivity contribution in [2.45, 2.75) is 32.3 Å². The van der Waals surface area contributed by atoms with Gasteiger partial charge in [-0.2, -0.15) is 0 Å². The summed E-state index contributed by atoms with van der Waals surface area (Å²) in [5.74, 6) is 0.653. The summed E-state index contributed by atoms with van der Waals surface area (Å²) < 4.78 is 19.9. The molecule has 2 aromatic rings. The van der Waals surface area contributed by atoms with Crippen LogP contribution in [0.15, 0.2) is 48.5 Å². The van der Waals surface area contributed by atoms with Crippen LogP contribution in [-0.2, 0) is 5.41 Å². The smallest absolute Gasteiger partial charge is 0.146 e. The first-order chi connectivity index (χ1) is 13.3. The highest BCUT2D eigenvalue weighted by Gasteiger charge is 2.22. The third-order valence-electron chi connectivity index (χ3n) is 5.16. The topological polar surface area (TPSA) is 35.9 Å². The van der Waals surface area contributed by atoms with Crippen molar-refractivity contribution < 1.29 is 14.2 Å². The number of piperazine rings is 1. The molecule has 0 bridgehead atoms. The van der Waals surface area contributed by atoms with Crippen molar-refractivity contribution >= 4 is 5.69 Å². The second-order valence-electron chi connectivity index (χ2n) is 8.45. The minimum absolute atomic E-state index is 0.00934. The summed E-state index contributed by atoms with van der Waals surface area (Å²) in [6.45, 7) is 10.4. The molecule has 0 unspecified atom stereocenters. The molecule has 152 valence electrons. The van der Waals surface area contributed by atoms with E-state index in [9.17, 15) is 9.50 Å². The van der Waals surface area contributed by atoms with Gasteiger partial charge in [0, 0.05) is 32.7 Å². The molecule has 0 aliphatic carbocycles. The lowest BCUT2D eigenvalue weighted by Crippen LogP contribution is -2.49. The highest BCUT2D eigenvalue weighted by Crippen LogP contribution is 2.31. The summed E-state index contributed by atoms with van der Waals surface area (Å²) in [7, 11) is 0. The number of halogens is 1. The van der Waals surface area contributed by atoms with Crippen LogP contribution in [-0.4, -0.2) is 55.4 Å². The Hall–Kier alpha value is -2.11. The van der Waals surface area contributed by atoms with Crippen molar-refractivity contribution in [3.8, 4) is 5.75 Å². The molecule has 4 nitrogen and oxygen atoms in total. The number of β-amino-alcohol motifs (C(OH)–C–C–N with tert-alkyl or cyclic N) is 1. The van der Waals surface area contributed by atoms with Crippen molar-refractivity contribution in [1.29, 1.82) is 0 Å². The lowest BCUT2D eigenvalue weighted by atomic mass is 9.86. The molecular formula is C23H31FN2O2. The Balaban J connectivity index is 1.48. The van der Waals surface area contributed by atoms with Gasteiger partial charge in [-0.05, 0) is 29.2 Å². The zero-order chi connectivity index (χ0) is 20.1. The van der Waals surface area contributed by atoms with E-state index in [1.807, 2.05) is 30.3 Å². The third kappa shape index (κ3) is 5.24. The second kappa shape index (κ2) is 8.93. The zero-order valence-corrected chi connectivity index (χ0v) is 17.1. The first kappa shape index (κ1) is 20.6. The SMILES string of the molecule is CC(C)(C)c1ccccc1OC[C@H](O)CN1CCN(c2ccccc2F)CC1. The van der Waals surface area contributed by atoms with Gasteiger partial charge in [0.25, 0.3) is 0 Å². The lowest BCUT2D eigenvalue weighted by molar-refractivity contribution is 0.0656. The minimum atomic E-state index is -0.562. The monoisotopic (exact) mass is 386 g/mol. The summed E-state index contributed by atoms with van der Waals surface area (Å²) >= 11 is 0. The Labute approximate surface area is 167 Å². The minimum Gasteiger partial charge on any atom is -0.491 e. The normalized spacial score (nSPS) is 16.8. The van der Waals surface area contributed by atoms with Gasteiger partial charge in [-0.1, -0.05) is 51.1 Å². The maximum absolute atomic E-state index is 13.9. The molecule has 28 heavy (non-hydrogen) atoms. The summed E-state index contributed by atoms with van der Waals surface area (Å²) in [4.78, 5) is 4.27. The molecule has 0 aromatic heterocycles. The zero-order valence-electron chi connectivity index (χ0n) is 17.1. The molecule has 5 heteroatoms. The molecule has 1 aliphatic rings. The Bertz CT molecular complexity index is 767. The number of rotatable bonds is 6. The van der Waals surface area contributed by atoms with Crippen molar-refractivity contribution in [3.63, 3.8) is 0 Å². The summed E-state index contributed by atoms with van der Waals surface area (Å²) in [5.41, 5.74) is 1.79. The second-order valence-corrected chi connectivity index (χ2v) is 8.45. The van der Waals surface area contributed by atoms with E-state index in [-0.39, 0.29) is 17.8 Å². The average molecular weight is 387 g/mol. The molecule has 3 rings (SSSR count). The molecule has 1 aliphatic heterocycles. The molecule has 0 spiro atoms. The fourth-order valence-corrected chi connectivity index (χ4v) is 3.63. The standard InChI is InChI=1S/C23H31FN2O2/c1-23(2,3)19-8-4-7-11-22(19)28-17-18(27)16-25-12-14-26(15-13-25)21-10-6-5-9-20(21)24/h4-11,18,27H,12-17H2,1-3H3/t18-/m1/s1. The molecule has 2 aromatic carbocycles. The molecule has 1 heterocycles. The number of ether oxygens (including phenoxy) is 1. The molecule has 0 amide bonds. The van der Waals surface area contributed by atoms with Gasteiger partial charge in [-0.15, -0.1) is 0 Å². The van der Waals surface area contributed by atoms with Crippen LogP contribution in [0.25, 0.3) is 0 Å². The number of nitrogens with zero attached hydrogens (tertiary/aromatic N) is 2. The average Bonchev–Trinajstić information content (AvgIpc) is 2.67. The number of hydrogen-bond acceptors (Lipinski definition) is 4. The Morgan fingerprint density at radius 1 is 1.00 bits per heavy atom. The number of anilines is 1. The Morgan fingerprint density at radius 2 is 1.64 bits per heavy atom. The molecule has 1 atom stereocenters.